The number of aromatic nitrogens is 2. The summed E-state index contributed by atoms with van der Waals surface area (Å²) in [6, 6.07) is 8.60. The van der Waals surface area contributed by atoms with Gasteiger partial charge in [0.15, 0.2) is 0 Å². The smallest absolute Gasteiger partial charge is 0.234 e. The molecule has 25 heavy (non-hydrogen) atoms. The number of nitrogens with one attached hydrogen (secondary N) is 1. The molecule has 1 aromatic carbocycles. The second kappa shape index (κ2) is 8.11. The van der Waals surface area contributed by atoms with E-state index < -0.39 is 6.17 Å². The number of carbonyl (C=O) groups is 1. The van der Waals surface area contributed by atoms with Crippen molar-refractivity contribution in [1.82, 2.24) is 20.0 Å². The van der Waals surface area contributed by atoms with Crippen LogP contribution in [0.3, 0.4) is 0 Å². The summed E-state index contributed by atoms with van der Waals surface area (Å²) in [5, 5.41) is 6.94. The molecule has 1 amide bonds. The van der Waals surface area contributed by atoms with Crippen LogP contribution in [0.15, 0.2) is 30.6 Å². The van der Waals surface area contributed by atoms with Crippen molar-refractivity contribution in [1.29, 1.82) is 0 Å². The number of nitrogens with zero attached hydrogens (tertiary/aromatic N) is 3. The van der Waals surface area contributed by atoms with Gasteiger partial charge >= 0.3 is 0 Å². The number of likely N-dealkylation sites (tertiary alicyclic amines) is 1. The van der Waals surface area contributed by atoms with Crippen LogP contribution >= 0.6 is 0 Å². The van der Waals surface area contributed by atoms with Crippen molar-refractivity contribution in [2.45, 2.75) is 12.6 Å². The van der Waals surface area contributed by atoms with E-state index in [0.29, 0.717) is 38.4 Å². The number of ether oxygens (including phenoxy) is 1. The van der Waals surface area contributed by atoms with Gasteiger partial charge in [-0.25, -0.2) is 4.39 Å². The minimum atomic E-state index is -0.806. The maximum atomic E-state index is 13.1. The first kappa shape index (κ1) is 17.4. The number of alkyl halides is 1. The van der Waals surface area contributed by atoms with Gasteiger partial charge in [0.25, 0.3) is 0 Å². The topological polar surface area (TPSA) is 59.4 Å². The Bertz CT molecular complexity index is 719. The maximum Gasteiger partial charge on any atom is 0.234 e. The van der Waals surface area contributed by atoms with Crippen molar-refractivity contribution in [2.24, 2.45) is 7.05 Å². The van der Waals surface area contributed by atoms with E-state index >= 15 is 0 Å². The summed E-state index contributed by atoms with van der Waals surface area (Å²) in [6.07, 6.45) is 3.42. The summed E-state index contributed by atoms with van der Waals surface area (Å²) >= 11 is 0. The van der Waals surface area contributed by atoms with Gasteiger partial charge in [0.1, 0.15) is 18.5 Å². The Morgan fingerprint density at radius 3 is 3.08 bits per heavy atom. The van der Waals surface area contributed by atoms with Gasteiger partial charge in [-0.15, -0.1) is 0 Å². The fraction of sp³-hybridized carbons (Fsp3) is 0.444. The van der Waals surface area contributed by atoms with Gasteiger partial charge < -0.3 is 10.1 Å². The highest BCUT2D eigenvalue weighted by atomic mass is 19.1. The third-order valence-corrected chi connectivity index (χ3v) is 4.08. The zero-order valence-corrected chi connectivity index (χ0v) is 14.2. The summed E-state index contributed by atoms with van der Waals surface area (Å²) in [5.74, 6) is 0.587. The predicted molar refractivity (Wildman–Crippen MR) is 91.9 cm³/mol. The molecular weight excluding hydrogens is 323 g/mol. The Morgan fingerprint density at radius 2 is 2.36 bits per heavy atom. The largest absolute Gasteiger partial charge is 0.492 e. The number of amides is 1. The molecule has 1 saturated heterocycles. The molecular formula is C18H22FN4O2. The summed E-state index contributed by atoms with van der Waals surface area (Å²) in [6.45, 7) is 2.00. The lowest BCUT2D eigenvalue weighted by Crippen LogP contribution is -2.37. The minimum absolute atomic E-state index is 0.103. The third-order valence-electron chi connectivity index (χ3n) is 4.08. The maximum absolute atomic E-state index is 13.1. The second-order valence-corrected chi connectivity index (χ2v) is 6.18. The first-order valence-electron chi connectivity index (χ1n) is 8.36. The van der Waals surface area contributed by atoms with E-state index in [1.165, 1.54) is 0 Å². The molecule has 1 fully saturated rings. The van der Waals surface area contributed by atoms with Gasteiger partial charge in [0.2, 0.25) is 5.91 Å². The molecule has 1 radical (unpaired) electrons. The van der Waals surface area contributed by atoms with Crippen LogP contribution in [0.4, 0.5) is 4.39 Å². The molecule has 0 unspecified atom stereocenters. The van der Waals surface area contributed by atoms with Crippen LogP contribution in [0.2, 0.25) is 0 Å². The quantitative estimate of drug-likeness (QED) is 0.771. The Morgan fingerprint density at radius 1 is 1.48 bits per heavy atom. The molecule has 1 aromatic heterocycles. The van der Waals surface area contributed by atoms with Crippen LogP contribution < -0.4 is 10.1 Å². The number of aryl methyl sites for hydroxylation is 1. The van der Waals surface area contributed by atoms with E-state index in [2.05, 4.69) is 16.5 Å². The lowest BCUT2D eigenvalue weighted by Gasteiger charge is -2.14. The number of benzene rings is 1. The van der Waals surface area contributed by atoms with E-state index in [1.807, 2.05) is 30.3 Å². The molecule has 0 spiro atoms. The molecule has 0 aliphatic carbocycles. The van der Waals surface area contributed by atoms with Crippen molar-refractivity contribution >= 4 is 5.91 Å². The molecule has 1 N–H and O–H groups in total. The van der Waals surface area contributed by atoms with Crippen molar-refractivity contribution in [3.63, 3.8) is 0 Å². The van der Waals surface area contributed by atoms with Gasteiger partial charge in [-0.3, -0.25) is 14.4 Å². The minimum Gasteiger partial charge on any atom is -0.492 e. The highest BCUT2D eigenvalue weighted by Crippen LogP contribution is 2.22. The zero-order valence-electron chi connectivity index (χ0n) is 14.2. The van der Waals surface area contributed by atoms with Gasteiger partial charge in [-0.1, -0.05) is 0 Å². The van der Waals surface area contributed by atoms with Crippen molar-refractivity contribution < 1.29 is 13.9 Å². The summed E-state index contributed by atoms with van der Waals surface area (Å²) in [5.41, 5.74) is 1.97. The second-order valence-electron chi connectivity index (χ2n) is 6.18. The van der Waals surface area contributed by atoms with Crippen LogP contribution in [0, 0.1) is 6.07 Å². The van der Waals surface area contributed by atoms with E-state index in [4.69, 9.17) is 4.74 Å². The number of rotatable bonds is 7. The first-order valence-corrected chi connectivity index (χ1v) is 8.36. The van der Waals surface area contributed by atoms with Crippen molar-refractivity contribution in [2.75, 3.05) is 32.8 Å². The van der Waals surface area contributed by atoms with Crippen molar-refractivity contribution in [3.8, 4) is 16.9 Å². The molecule has 0 saturated carbocycles. The predicted octanol–water partition coefficient (Wildman–Crippen LogP) is 1.43. The van der Waals surface area contributed by atoms with Gasteiger partial charge in [0, 0.05) is 31.9 Å². The van der Waals surface area contributed by atoms with E-state index in [0.717, 1.165) is 11.1 Å². The highest BCUT2D eigenvalue weighted by Gasteiger charge is 2.23. The number of hydrogen-bond donors (Lipinski definition) is 1. The Balaban J connectivity index is 1.41. The average molecular weight is 345 g/mol. The van der Waals surface area contributed by atoms with E-state index in [-0.39, 0.29) is 12.5 Å². The monoisotopic (exact) mass is 345 g/mol. The molecule has 133 valence electrons. The van der Waals surface area contributed by atoms with E-state index in [1.54, 1.807) is 16.9 Å². The Labute approximate surface area is 146 Å². The third kappa shape index (κ3) is 5.03. The molecule has 0 bridgehead atoms. The van der Waals surface area contributed by atoms with Crippen LogP contribution in [-0.4, -0.2) is 59.5 Å². The number of carbonyl (C=O) groups excluding carboxylic acids is 1. The lowest BCUT2D eigenvalue weighted by atomic mass is 10.1. The summed E-state index contributed by atoms with van der Waals surface area (Å²) in [7, 11) is 1.87. The highest BCUT2D eigenvalue weighted by molar-refractivity contribution is 5.78. The lowest BCUT2D eigenvalue weighted by molar-refractivity contribution is -0.122. The van der Waals surface area contributed by atoms with Crippen LogP contribution in [0.5, 0.6) is 5.75 Å². The number of halogens is 1. The summed E-state index contributed by atoms with van der Waals surface area (Å²) in [4.78, 5) is 13.6. The van der Waals surface area contributed by atoms with Crippen LogP contribution in [0.25, 0.3) is 11.1 Å². The Hall–Kier alpha value is -2.41. The molecule has 7 heteroatoms. The summed E-state index contributed by atoms with van der Waals surface area (Å²) < 4.78 is 20.5. The molecule has 2 heterocycles. The van der Waals surface area contributed by atoms with E-state index in [9.17, 15) is 9.18 Å². The average Bonchev–Trinajstić information content (AvgIpc) is 3.20. The molecule has 1 aliphatic rings. The number of hydrogen-bond acceptors (Lipinski definition) is 4. The van der Waals surface area contributed by atoms with Crippen LogP contribution in [-0.2, 0) is 11.8 Å². The fourth-order valence-electron chi connectivity index (χ4n) is 2.82. The van der Waals surface area contributed by atoms with Gasteiger partial charge in [-0.2, -0.15) is 5.10 Å². The Kier molecular flexibility index (Phi) is 5.65. The van der Waals surface area contributed by atoms with Gasteiger partial charge in [0.05, 0.1) is 19.3 Å². The normalized spacial score (nSPS) is 17.6. The van der Waals surface area contributed by atoms with Gasteiger partial charge in [-0.05, 0) is 36.2 Å². The molecule has 1 atom stereocenters. The first-order chi connectivity index (χ1) is 12.1. The van der Waals surface area contributed by atoms with Crippen LogP contribution in [0.1, 0.15) is 6.42 Å². The van der Waals surface area contributed by atoms with Crippen molar-refractivity contribution in [3.05, 3.63) is 36.7 Å². The zero-order chi connectivity index (χ0) is 17.6. The standard InChI is InChI=1S/C18H22FN4O2/c1-22-11-15(10-21-22)14-3-2-4-17(9-14)25-8-6-20-18(24)13-23-7-5-16(19)12-23/h3-4,9-11,16H,5-8,12-13H2,1H3,(H,20,24)/t16-/m1/s1. The molecule has 6 nitrogen and oxygen atoms in total. The molecule has 1 aliphatic heterocycles. The molecule has 2 aromatic rings. The molecule has 3 rings (SSSR count). The fourth-order valence-corrected chi connectivity index (χ4v) is 2.82. The SMILES string of the molecule is Cn1cc(-c2c[c]cc(OCCNC(=O)CN3CC[C@@H](F)C3)c2)cn1.